The van der Waals surface area contributed by atoms with E-state index in [4.69, 9.17) is 23.7 Å². The van der Waals surface area contributed by atoms with E-state index in [0.717, 1.165) is 12.8 Å². The molecule has 0 unspecified atom stereocenters. The van der Waals surface area contributed by atoms with Gasteiger partial charge in [0, 0.05) is 80.8 Å². The number of phenolic OH excluding ortho intramolecular Hbond substituents is 2. The molecule has 5 N–H and O–H groups in total. The van der Waals surface area contributed by atoms with Gasteiger partial charge in [0.25, 0.3) is 17.6 Å². The van der Waals surface area contributed by atoms with Gasteiger partial charge in [-0.05, 0) is 26.3 Å². The lowest BCUT2D eigenvalue weighted by Crippen LogP contribution is -2.46. The number of methoxy groups -OCH3 is 1. The number of nitrogens with zero attached hydrogens (tertiary/aromatic N) is 1. The van der Waals surface area contributed by atoms with Crippen LogP contribution in [0.15, 0.2) is 42.2 Å². The molecule has 0 saturated carbocycles. The molecule has 3 heterocycles. The summed E-state index contributed by atoms with van der Waals surface area (Å²) in [4.78, 5) is 55.0. The number of aliphatic hydroxyl groups is 2. The van der Waals surface area contributed by atoms with Gasteiger partial charge in [0.05, 0.1) is 41.2 Å². The van der Waals surface area contributed by atoms with Crippen LogP contribution in [0, 0.1) is 30.6 Å². The SMILES string of the molecule is CCCCN(C)C(=O)COc1cc2c(O)c3c(O)c(C)c4c(c13)C(=O)[C@@](C)(O/C=C/[C@H](OC)[C@H](C)[C@@H](OC(C)=O)[C@@H](C)[C@H](O)[C@H](C)[C@@H](O)[C@@H](C)/C=C/C=C(/C)C(=O)N2)O4. The summed E-state index contributed by atoms with van der Waals surface area (Å²) in [6.07, 6.45) is 5.23. The minimum absolute atomic E-state index is 0.0562. The van der Waals surface area contributed by atoms with E-state index in [2.05, 4.69) is 5.32 Å². The fourth-order valence-corrected chi connectivity index (χ4v) is 7.52. The van der Waals surface area contributed by atoms with Crippen LogP contribution in [0.2, 0.25) is 0 Å². The first kappa shape index (κ1) is 46.6. The van der Waals surface area contributed by atoms with Gasteiger partial charge in [0.2, 0.25) is 0 Å². The summed E-state index contributed by atoms with van der Waals surface area (Å²) >= 11 is 0. The smallest absolute Gasteiger partial charge is 0.312 e. The van der Waals surface area contributed by atoms with Crippen molar-refractivity contribution in [2.45, 2.75) is 105 Å². The Hall–Kier alpha value is -5.12. The first-order valence-corrected chi connectivity index (χ1v) is 19.9. The number of nitrogens with one attached hydrogen (secondary N) is 1. The Morgan fingerprint density at radius 3 is 2.29 bits per heavy atom. The summed E-state index contributed by atoms with van der Waals surface area (Å²) in [5.74, 6) is -8.01. The third-order valence-electron chi connectivity index (χ3n) is 11.4. The molecule has 15 nitrogen and oxygen atoms in total. The van der Waals surface area contributed by atoms with Gasteiger partial charge in [0.1, 0.15) is 23.4 Å². The molecule has 3 aliphatic heterocycles. The summed E-state index contributed by atoms with van der Waals surface area (Å²) in [6, 6.07) is 1.27. The average molecular weight is 825 g/mol. The molecule has 0 aliphatic carbocycles. The normalized spacial score (nSPS) is 29.8. The van der Waals surface area contributed by atoms with Gasteiger partial charge in [0.15, 0.2) is 12.4 Å². The molecule has 2 amide bonds. The number of esters is 1. The second-order valence-corrected chi connectivity index (χ2v) is 15.9. The summed E-state index contributed by atoms with van der Waals surface area (Å²) in [7, 11) is 3.07. The molecule has 2 aromatic rings. The standard InChI is InChI=1S/C44H60N2O13/c1-12-13-18-46(10)32(48)21-56-31-20-29-39(52)34-33(31)35-41(27(7)38(34)51)59-44(9,42(35)53)57-19-17-30(55-11)24(4)40(58-28(8)47)26(6)37(50)25(5)36(49)22(2)15-14-16-23(3)43(54)45-29/h14-17,19-20,22,24-26,30,36-37,40,49-52H,12-13,18,21H2,1-11H3,(H,45,54)/b15-14+,19-17+,23-16-/t22-,24-,25+,26-,30-,36-,37+,40+,44-/m0/s1. The Labute approximate surface area is 345 Å². The summed E-state index contributed by atoms with van der Waals surface area (Å²) in [5, 5.41) is 48.4. The fraction of sp³-hybridized carbons (Fsp3) is 0.545. The Balaban J connectivity index is 1.92. The van der Waals surface area contributed by atoms with Crippen molar-refractivity contribution in [1.82, 2.24) is 4.90 Å². The van der Waals surface area contributed by atoms with Crippen LogP contribution >= 0.6 is 0 Å². The van der Waals surface area contributed by atoms with Crippen LogP contribution in [-0.2, 0) is 28.6 Å². The number of likely N-dealkylation sites (N-methyl/N-ethyl adjacent to an activating group) is 1. The number of carbonyl (C=O) groups is 4. The van der Waals surface area contributed by atoms with Crippen LogP contribution in [0.4, 0.5) is 5.69 Å². The molecular weight excluding hydrogens is 764 g/mol. The van der Waals surface area contributed by atoms with Gasteiger partial charge in [-0.1, -0.05) is 59.3 Å². The molecule has 59 heavy (non-hydrogen) atoms. The second kappa shape index (κ2) is 19.3. The quantitative estimate of drug-likeness (QED) is 0.160. The van der Waals surface area contributed by atoms with Crippen molar-refractivity contribution in [3.05, 3.63) is 53.3 Å². The van der Waals surface area contributed by atoms with Crippen molar-refractivity contribution < 1.29 is 63.3 Å². The molecule has 0 radical (unpaired) electrons. The zero-order valence-electron chi connectivity index (χ0n) is 35.8. The van der Waals surface area contributed by atoms with Gasteiger partial charge < -0.3 is 54.3 Å². The van der Waals surface area contributed by atoms with E-state index in [1.807, 2.05) is 6.92 Å². The summed E-state index contributed by atoms with van der Waals surface area (Å²) < 4.78 is 29.7. The van der Waals surface area contributed by atoms with Crippen LogP contribution < -0.4 is 14.8 Å². The average Bonchev–Trinajstić information content (AvgIpc) is 3.46. The van der Waals surface area contributed by atoms with Crippen LogP contribution in [0.3, 0.4) is 0 Å². The third-order valence-corrected chi connectivity index (χ3v) is 11.4. The van der Waals surface area contributed by atoms with E-state index in [9.17, 15) is 39.6 Å². The Bertz CT molecular complexity index is 2010. The van der Waals surface area contributed by atoms with Crippen molar-refractivity contribution >= 4 is 40.0 Å². The number of hydrogen-bond acceptors (Lipinski definition) is 13. The molecule has 0 aromatic heterocycles. The van der Waals surface area contributed by atoms with Crippen molar-refractivity contribution in [3.8, 4) is 23.0 Å². The number of rotatable bonds is 8. The molecule has 0 spiro atoms. The number of aromatic hydroxyl groups is 2. The molecule has 0 saturated heterocycles. The number of aliphatic hydroxyl groups excluding tert-OH is 2. The molecule has 15 heteroatoms. The number of Topliss-reactive ketones (excluding diaryl/α,β-unsaturated/α-hetero) is 1. The fourth-order valence-electron chi connectivity index (χ4n) is 7.52. The van der Waals surface area contributed by atoms with Crippen LogP contribution in [-0.4, -0.2) is 106 Å². The zero-order valence-corrected chi connectivity index (χ0v) is 35.8. The lowest BCUT2D eigenvalue weighted by molar-refractivity contribution is -0.160. The zero-order chi connectivity index (χ0) is 44.1. The molecule has 3 aliphatic rings. The maximum absolute atomic E-state index is 14.5. The monoisotopic (exact) mass is 824 g/mol. The molecule has 5 rings (SSSR count). The van der Waals surface area contributed by atoms with Gasteiger partial charge >= 0.3 is 11.8 Å². The number of ether oxygens (including phenoxy) is 5. The predicted molar refractivity (Wildman–Crippen MR) is 220 cm³/mol. The van der Waals surface area contributed by atoms with Gasteiger partial charge in [-0.2, -0.15) is 0 Å². The highest BCUT2D eigenvalue weighted by Gasteiger charge is 2.49. The number of allylic oxidation sites excluding steroid dienone is 2. The summed E-state index contributed by atoms with van der Waals surface area (Å²) in [6.45, 7) is 14.6. The van der Waals surface area contributed by atoms with Crippen molar-refractivity contribution in [1.29, 1.82) is 0 Å². The van der Waals surface area contributed by atoms with Crippen LogP contribution in [0.5, 0.6) is 23.0 Å². The lowest BCUT2D eigenvalue weighted by atomic mass is 9.78. The Morgan fingerprint density at radius 1 is 0.983 bits per heavy atom. The molecule has 2 aromatic carbocycles. The highest BCUT2D eigenvalue weighted by molar-refractivity contribution is 6.21. The number of fused-ring (bicyclic) bond motifs is 14. The molecule has 324 valence electrons. The van der Waals surface area contributed by atoms with Crippen molar-refractivity contribution in [2.75, 3.05) is 32.6 Å². The first-order valence-electron chi connectivity index (χ1n) is 19.9. The van der Waals surface area contributed by atoms with Crippen molar-refractivity contribution in [2.24, 2.45) is 23.7 Å². The minimum atomic E-state index is -2.02. The Kier molecular flexibility index (Phi) is 15.2. The van der Waals surface area contributed by atoms with E-state index < -0.39 is 89.6 Å². The second-order valence-electron chi connectivity index (χ2n) is 15.9. The number of ketones is 1. The molecule has 9 atom stereocenters. The third kappa shape index (κ3) is 9.85. The van der Waals surface area contributed by atoms with Crippen LogP contribution in [0.1, 0.15) is 84.2 Å². The number of benzene rings is 2. The van der Waals surface area contributed by atoms with Crippen LogP contribution in [0.25, 0.3) is 10.8 Å². The maximum Gasteiger partial charge on any atom is 0.312 e. The molecular formula is C44H60N2O13. The number of unbranched alkanes of at least 4 members (excludes halogenated alkanes) is 1. The van der Waals surface area contributed by atoms with E-state index >= 15 is 0 Å². The largest absolute Gasteiger partial charge is 0.507 e. The van der Waals surface area contributed by atoms with Gasteiger partial charge in [-0.15, -0.1) is 0 Å². The van der Waals surface area contributed by atoms with Gasteiger partial charge in [-0.25, -0.2) is 0 Å². The van der Waals surface area contributed by atoms with E-state index in [1.165, 1.54) is 64.2 Å². The van der Waals surface area contributed by atoms with Gasteiger partial charge in [-0.3, -0.25) is 19.2 Å². The highest BCUT2D eigenvalue weighted by atomic mass is 16.7. The van der Waals surface area contributed by atoms with Crippen molar-refractivity contribution in [3.63, 3.8) is 0 Å². The number of anilines is 1. The van der Waals surface area contributed by atoms with E-state index in [0.29, 0.717) is 6.54 Å². The lowest BCUT2D eigenvalue weighted by Gasteiger charge is -2.38. The maximum atomic E-state index is 14.5. The number of phenols is 2. The topological polar surface area (TPSA) is 211 Å². The number of amides is 2. The Morgan fingerprint density at radius 2 is 1.66 bits per heavy atom. The first-order chi connectivity index (χ1) is 27.7. The number of hydrogen-bond donors (Lipinski definition) is 5. The predicted octanol–water partition coefficient (Wildman–Crippen LogP) is 5.69. The summed E-state index contributed by atoms with van der Waals surface area (Å²) in [5.41, 5.74) is -0.00381. The van der Waals surface area contributed by atoms with E-state index in [1.54, 1.807) is 46.9 Å². The minimum Gasteiger partial charge on any atom is -0.507 e. The molecule has 5 bridgehead atoms. The van der Waals surface area contributed by atoms with E-state index in [-0.39, 0.29) is 50.6 Å². The number of carbonyl (C=O) groups excluding carboxylic acids is 4. The molecule has 0 fully saturated rings. The highest BCUT2D eigenvalue weighted by Crippen LogP contribution is 2.54.